The lowest BCUT2D eigenvalue weighted by Gasteiger charge is -2.09. The van der Waals surface area contributed by atoms with Gasteiger partial charge in [-0.15, -0.1) is 6.42 Å². The van der Waals surface area contributed by atoms with Gasteiger partial charge in [0.2, 0.25) is 0 Å². The summed E-state index contributed by atoms with van der Waals surface area (Å²) in [5.41, 5.74) is 0.393. The van der Waals surface area contributed by atoms with Gasteiger partial charge in [-0.2, -0.15) is 13.2 Å². The van der Waals surface area contributed by atoms with Crippen LogP contribution in [0.1, 0.15) is 21.6 Å². The van der Waals surface area contributed by atoms with E-state index in [1.165, 1.54) is 37.8 Å². The number of terminal acetylenes is 1. The molecule has 0 aliphatic rings. The van der Waals surface area contributed by atoms with Crippen LogP contribution in [0.3, 0.4) is 0 Å². The van der Waals surface area contributed by atoms with Gasteiger partial charge in [-0.1, -0.05) is 12.1 Å². The first-order chi connectivity index (χ1) is 13.4. The van der Waals surface area contributed by atoms with Gasteiger partial charge in [0.1, 0.15) is 12.0 Å². The van der Waals surface area contributed by atoms with Crippen molar-refractivity contribution in [1.29, 1.82) is 0 Å². The number of ether oxygens (including phenoxy) is 1. The normalized spacial score (nSPS) is 10.2. The molecule has 0 saturated heterocycles. The van der Waals surface area contributed by atoms with Gasteiger partial charge in [-0.3, -0.25) is 0 Å². The van der Waals surface area contributed by atoms with E-state index in [4.69, 9.17) is 6.42 Å². The summed E-state index contributed by atoms with van der Waals surface area (Å²) in [6.07, 6.45) is 7.12. The van der Waals surface area contributed by atoms with Crippen LogP contribution < -0.4 is 0 Å². The number of carbonyl (C=O) groups is 1. The van der Waals surface area contributed by atoms with Crippen molar-refractivity contribution in [3.05, 3.63) is 78.1 Å². The standard InChI is InChI=1S/C16H10F3NO2.C4H4N2/c1-3-14-13(15(21)22-2)8-11(9-20-14)10-4-6-12(7-5-10)16(17,18)19;1-2-5-4-6-3-1/h1,4-9H,2H3;1-4H. The second kappa shape index (κ2) is 9.28. The first-order valence-corrected chi connectivity index (χ1v) is 7.79. The number of rotatable bonds is 2. The Balaban J connectivity index is 0.000000397. The van der Waals surface area contributed by atoms with Crippen LogP contribution in [0.2, 0.25) is 0 Å². The number of carbonyl (C=O) groups excluding carboxylic acids is 1. The van der Waals surface area contributed by atoms with Crippen LogP contribution in [-0.2, 0) is 10.9 Å². The van der Waals surface area contributed by atoms with Gasteiger partial charge < -0.3 is 4.74 Å². The largest absolute Gasteiger partial charge is 0.465 e. The minimum Gasteiger partial charge on any atom is -0.465 e. The summed E-state index contributed by atoms with van der Waals surface area (Å²) < 4.78 is 42.2. The third-order valence-electron chi connectivity index (χ3n) is 3.45. The maximum Gasteiger partial charge on any atom is 0.416 e. The van der Waals surface area contributed by atoms with Gasteiger partial charge in [0, 0.05) is 24.2 Å². The van der Waals surface area contributed by atoms with E-state index in [0.29, 0.717) is 11.1 Å². The summed E-state index contributed by atoms with van der Waals surface area (Å²) in [6, 6.07) is 7.74. The highest BCUT2D eigenvalue weighted by molar-refractivity contribution is 5.93. The second-order valence-corrected chi connectivity index (χ2v) is 5.24. The number of aromatic nitrogens is 3. The number of pyridine rings is 1. The topological polar surface area (TPSA) is 65.0 Å². The van der Waals surface area contributed by atoms with Crippen LogP contribution in [0, 0.1) is 12.3 Å². The molecule has 0 radical (unpaired) electrons. The van der Waals surface area contributed by atoms with Crippen molar-refractivity contribution in [3.63, 3.8) is 0 Å². The quantitative estimate of drug-likeness (QED) is 0.493. The summed E-state index contributed by atoms with van der Waals surface area (Å²) in [6.45, 7) is 0. The highest BCUT2D eigenvalue weighted by atomic mass is 19.4. The van der Waals surface area contributed by atoms with Crippen LogP contribution in [-0.4, -0.2) is 28.0 Å². The van der Waals surface area contributed by atoms with Crippen molar-refractivity contribution in [3.8, 4) is 23.5 Å². The maximum absolute atomic E-state index is 12.5. The van der Waals surface area contributed by atoms with E-state index in [-0.39, 0.29) is 11.3 Å². The predicted octanol–water partition coefficient (Wildman–Crippen LogP) is 4.01. The fraction of sp³-hybridized carbons (Fsp3) is 0.100. The van der Waals surface area contributed by atoms with Crippen LogP contribution in [0.4, 0.5) is 13.2 Å². The minimum atomic E-state index is -4.40. The van der Waals surface area contributed by atoms with Crippen molar-refractivity contribution in [2.24, 2.45) is 0 Å². The number of nitrogens with zero attached hydrogens (tertiary/aromatic N) is 3. The first-order valence-electron chi connectivity index (χ1n) is 7.79. The molecule has 0 saturated carbocycles. The predicted molar refractivity (Wildman–Crippen MR) is 96.0 cm³/mol. The fourth-order valence-corrected chi connectivity index (χ4v) is 2.11. The van der Waals surface area contributed by atoms with Gasteiger partial charge in [-0.05, 0) is 35.7 Å². The van der Waals surface area contributed by atoms with Crippen LogP contribution in [0.25, 0.3) is 11.1 Å². The summed E-state index contributed by atoms with van der Waals surface area (Å²) >= 11 is 0. The molecule has 8 heteroatoms. The van der Waals surface area contributed by atoms with Gasteiger partial charge in [0.05, 0.1) is 18.2 Å². The molecule has 0 spiro atoms. The number of halogens is 3. The molecule has 0 N–H and O–H groups in total. The van der Waals surface area contributed by atoms with Gasteiger partial charge in [-0.25, -0.2) is 19.7 Å². The summed E-state index contributed by atoms with van der Waals surface area (Å²) in [4.78, 5) is 23.0. The number of hydrogen-bond donors (Lipinski definition) is 0. The fourth-order valence-electron chi connectivity index (χ4n) is 2.11. The Morgan fingerprint density at radius 2 is 1.75 bits per heavy atom. The van der Waals surface area contributed by atoms with E-state index in [0.717, 1.165) is 12.1 Å². The van der Waals surface area contributed by atoms with Crippen molar-refractivity contribution in [2.45, 2.75) is 6.18 Å². The molecule has 2 aromatic heterocycles. The molecule has 0 fully saturated rings. The highest BCUT2D eigenvalue weighted by Crippen LogP contribution is 2.31. The molecule has 5 nitrogen and oxygen atoms in total. The maximum atomic E-state index is 12.5. The van der Waals surface area contributed by atoms with Crippen molar-refractivity contribution in [1.82, 2.24) is 15.0 Å². The summed E-state index contributed by atoms with van der Waals surface area (Å²) in [5, 5.41) is 0. The number of benzene rings is 1. The molecular formula is C20H14F3N3O2. The molecule has 3 aromatic rings. The molecule has 28 heavy (non-hydrogen) atoms. The van der Waals surface area contributed by atoms with Crippen LogP contribution in [0.15, 0.2) is 61.3 Å². The number of alkyl halides is 3. The number of methoxy groups -OCH3 is 1. The van der Waals surface area contributed by atoms with Gasteiger partial charge in [0.15, 0.2) is 0 Å². The Morgan fingerprint density at radius 3 is 2.18 bits per heavy atom. The third-order valence-corrected chi connectivity index (χ3v) is 3.45. The molecule has 0 bridgehead atoms. The Bertz CT molecular complexity index is 940. The average molecular weight is 385 g/mol. The molecule has 142 valence electrons. The average Bonchev–Trinajstić information content (AvgIpc) is 2.74. The molecule has 3 rings (SSSR count). The molecule has 0 amide bonds. The second-order valence-electron chi connectivity index (χ2n) is 5.24. The van der Waals surface area contributed by atoms with Crippen LogP contribution >= 0.6 is 0 Å². The van der Waals surface area contributed by atoms with Crippen LogP contribution in [0.5, 0.6) is 0 Å². The smallest absolute Gasteiger partial charge is 0.416 e. The summed E-state index contributed by atoms with van der Waals surface area (Å²) in [7, 11) is 1.20. The molecular weight excluding hydrogens is 371 g/mol. The molecule has 1 aromatic carbocycles. The SMILES string of the molecule is C#Cc1ncc(-c2ccc(C(F)(F)F)cc2)cc1C(=O)OC.c1cncnc1. The molecule has 0 unspecified atom stereocenters. The number of esters is 1. The molecule has 0 atom stereocenters. The molecule has 0 aliphatic carbocycles. The van der Waals surface area contributed by atoms with E-state index in [1.807, 2.05) is 0 Å². The first kappa shape index (κ1) is 20.6. The zero-order valence-electron chi connectivity index (χ0n) is 14.6. The van der Waals surface area contributed by atoms with E-state index in [1.54, 1.807) is 18.5 Å². The minimum absolute atomic E-state index is 0.0856. The third kappa shape index (κ3) is 5.38. The summed E-state index contributed by atoms with van der Waals surface area (Å²) in [5.74, 6) is 1.60. The Morgan fingerprint density at radius 1 is 1.11 bits per heavy atom. The van der Waals surface area contributed by atoms with Crippen molar-refractivity contribution < 1.29 is 22.7 Å². The zero-order chi connectivity index (χ0) is 20.6. The lowest BCUT2D eigenvalue weighted by Crippen LogP contribution is -2.06. The Kier molecular flexibility index (Phi) is 6.82. The van der Waals surface area contributed by atoms with E-state index in [9.17, 15) is 18.0 Å². The van der Waals surface area contributed by atoms with E-state index in [2.05, 4.69) is 25.6 Å². The highest BCUT2D eigenvalue weighted by Gasteiger charge is 2.30. The molecule has 2 heterocycles. The Labute approximate surface area is 159 Å². The van der Waals surface area contributed by atoms with Gasteiger partial charge in [0.25, 0.3) is 0 Å². The molecule has 0 aliphatic heterocycles. The zero-order valence-corrected chi connectivity index (χ0v) is 14.6. The van der Waals surface area contributed by atoms with Crippen molar-refractivity contribution in [2.75, 3.05) is 7.11 Å². The Hall–Kier alpha value is -3.73. The number of hydrogen-bond acceptors (Lipinski definition) is 5. The lowest BCUT2D eigenvalue weighted by molar-refractivity contribution is -0.137. The van der Waals surface area contributed by atoms with E-state index >= 15 is 0 Å². The lowest BCUT2D eigenvalue weighted by atomic mass is 10.0. The van der Waals surface area contributed by atoms with E-state index < -0.39 is 17.7 Å². The van der Waals surface area contributed by atoms with Gasteiger partial charge >= 0.3 is 12.1 Å². The van der Waals surface area contributed by atoms with Crippen molar-refractivity contribution >= 4 is 5.97 Å². The monoisotopic (exact) mass is 385 g/mol.